The summed E-state index contributed by atoms with van der Waals surface area (Å²) in [5, 5.41) is 0. The number of carbonyl (C=O) groups excluding carboxylic acids is 2. The quantitative estimate of drug-likeness (QED) is 0.783. The summed E-state index contributed by atoms with van der Waals surface area (Å²) in [6, 6.07) is 10.3. The molecule has 1 saturated heterocycles. The van der Waals surface area contributed by atoms with Gasteiger partial charge in [-0.05, 0) is 37.7 Å². The van der Waals surface area contributed by atoms with E-state index < -0.39 is 0 Å². The van der Waals surface area contributed by atoms with Crippen molar-refractivity contribution in [1.29, 1.82) is 0 Å². The molecule has 112 valence electrons. The second kappa shape index (κ2) is 6.00. The van der Waals surface area contributed by atoms with Crippen LogP contribution in [0.15, 0.2) is 30.3 Å². The predicted molar refractivity (Wildman–Crippen MR) is 79.7 cm³/mol. The monoisotopic (exact) mass is 286 g/mol. The third kappa shape index (κ3) is 2.87. The minimum Gasteiger partial charge on any atom is -0.465 e. The van der Waals surface area contributed by atoms with E-state index in [0.29, 0.717) is 25.2 Å². The SMILES string of the molecule is O=C1CCCC2(CCC1)C(=O)OCC2Cc1ccccc1. The highest BCUT2D eigenvalue weighted by molar-refractivity contribution is 5.81. The number of esters is 1. The third-order valence-electron chi connectivity index (χ3n) is 5.09. The van der Waals surface area contributed by atoms with Crippen molar-refractivity contribution < 1.29 is 14.3 Å². The van der Waals surface area contributed by atoms with Crippen LogP contribution in [0.25, 0.3) is 0 Å². The fourth-order valence-electron chi connectivity index (χ4n) is 3.86. The van der Waals surface area contributed by atoms with Crippen LogP contribution < -0.4 is 0 Å². The van der Waals surface area contributed by atoms with Gasteiger partial charge in [-0.1, -0.05) is 30.3 Å². The Bertz CT molecular complexity index is 509. The predicted octanol–water partition coefficient (Wildman–Crippen LogP) is 3.31. The normalized spacial score (nSPS) is 25.4. The minimum atomic E-state index is -0.351. The second-order valence-corrected chi connectivity index (χ2v) is 6.39. The highest BCUT2D eigenvalue weighted by atomic mass is 16.5. The maximum absolute atomic E-state index is 12.4. The Balaban J connectivity index is 1.79. The van der Waals surface area contributed by atoms with E-state index in [1.165, 1.54) is 5.56 Å². The Morgan fingerprint density at radius 3 is 2.38 bits per heavy atom. The Kier molecular flexibility index (Phi) is 4.09. The lowest BCUT2D eigenvalue weighted by Gasteiger charge is -2.32. The van der Waals surface area contributed by atoms with E-state index >= 15 is 0 Å². The molecule has 1 unspecified atom stereocenters. The van der Waals surface area contributed by atoms with Gasteiger partial charge in [0, 0.05) is 18.8 Å². The van der Waals surface area contributed by atoms with E-state index in [4.69, 9.17) is 4.74 Å². The molecule has 1 heterocycles. The lowest BCUT2D eigenvalue weighted by Crippen LogP contribution is -2.35. The number of cyclic esters (lactones) is 1. The van der Waals surface area contributed by atoms with Crippen molar-refractivity contribution in [2.75, 3.05) is 6.61 Å². The van der Waals surface area contributed by atoms with E-state index in [2.05, 4.69) is 12.1 Å². The fraction of sp³-hybridized carbons (Fsp3) is 0.556. The van der Waals surface area contributed by atoms with Crippen LogP contribution in [0, 0.1) is 11.3 Å². The van der Waals surface area contributed by atoms with Gasteiger partial charge >= 0.3 is 5.97 Å². The van der Waals surface area contributed by atoms with Gasteiger partial charge in [0.15, 0.2) is 0 Å². The number of ketones is 1. The smallest absolute Gasteiger partial charge is 0.312 e. The van der Waals surface area contributed by atoms with Gasteiger partial charge in [0.05, 0.1) is 12.0 Å². The van der Waals surface area contributed by atoms with E-state index in [9.17, 15) is 9.59 Å². The molecule has 0 N–H and O–H groups in total. The molecule has 3 nitrogen and oxygen atoms in total. The zero-order valence-corrected chi connectivity index (χ0v) is 12.3. The van der Waals surface area contributed by atoms with Crippen LogP contribution in [0.2, 0.25) is 0 Å². The number of ether oxygens (including phenoxy) is 1. The number of benzene rings is 1. The minimum absolute atomic E-state index is 0.0298. The highest BCUT2D eigenvalue weighted by Gasteiger charge is 2.51. The summed E-state index contributed by atoms with van der Waals surface area (Å²) in [5.41, 5.74) is 0.912. The van der Waals surface area contributed by atoms with Crippen LogP contribution in [0.1, 0.15) is 44.1 Å². The summed E-state index contributed by atoms with van der Waals surface area (Å²) >= 11 is 0. The summed E-state index contributed by atoms with van der Waals surface area (Å²) < 4.78 is 5.43. The van der Waals surface area contributed by atoms with E-state index in [0.717, 1.165) is 32.1 Å². The molecule has 1 aromatic rings. The maximum atomic E-state index is 12.4. The van der Waals surface area contributed by atoms with Crippen LogP contribution in [-0.4, -0.2) is 18.4 Å². The summed E-state index contributed by atoms with van der Waals surface area (Å²) in [5.74, 6) is 0.564. The Labute approximate surface area is 125 Å². The molecule has 1 aliphatic carbocycles. The number of Topliss-reactive ketones (excluding diaryl/α,β-unsaturated/α-hetero) is 1. The molecule has 3 heteroatoms. The van der Waals surface area contributed by atoms with Crippen molar-refractivity contribution in [1.82, 2.24) is 0 Å². The first-order chi connectivity index (χ1) is 10.2. The average molecular weight is 286 g/mol. The first kappa shape index (κ1) is 14.3. The van der Waals surface area contributed by atoms with Gasteiger partial charge in [0.25, 0.3) is 0 Å². The molecule has 0 amide bonds. The number of hydrogen-bond donors (Lipinski definition) is 0. The largest absolute Gasteiger partial charge is 0.465 e. The van der Waals surface area contributed by atoms with Crippen molar-refractivity contribution in [2.24, 2.45) is 11.3 Å². The van der Waals surface area contributed by atoms with Crippen molar-refractivity contribution in [3.8, 4) is 0 Å². The molecule has 0 radical (unpaired) electrons. The van der Waals surface area contributed by atoms with Gasteiger partial charge in [0.2, 0.25) is 0 Å². The Morgan fingerprint density at radius 2 is 1.71 bits per heavy atom. The zero-order chi connectivity index (χ0) is 14.7. The van der Waals surface area contributed by atoms with Crippen LogP contribution in [0.3, 0.4) is 0 Å². The molecule has 3 rings (SSSR count). The van der Waals surface area contributed by atoms with Gasteiger partial charge in [-0.15, -0.1) is 0 Å². The third-order valence-corrected chi connectivity index (χ3v) is 5.09. The standard InChI is InChI=1S/C18H22O3/c19-16-8-4-10-18(11-5-9-16)15(13-21-17(18)20)12-14-6-2-1-3-7-14/h1-3,6-7,15H,4-5,8-13H2. The van der Waals surface area contributed by atoms with Crippen LogP contribution in [0.5, 0.6) is 0 Å². The molecule has 1 atom stereocenters. The van der Waals surface area contributed by atoms with E-state index in [1.54, 1.807) is 0 Å². The van der Waals surface area contributed by atoms with Gasteiger partial charge in [0.1, 0.15) is 5.78 Å². The Hall–Kier alpha value is -1.64. The molecule has 0 aromatic heterocycles. The molecular weight excluding hydrogens is 264 g/mol. The molecule has 1 aliphatic heterocycles. The molecule has 2 fully saturated rings. The van der Waals surface area contributed by atoms with Crippen molar-refractivity contribution in [2.45, 2.75) is 44.9 Å². The highest BCUT2D eigenvalue weighted by Crippen LogP contribution is 2.46. The first-order valence-corrected chi connectivity index (χ1v) is 7.93. The summed E-state index contributed by atoms with van der Waals surface area (Å²) in [7, 11) is 0. The van der Waals surface area contributed by atoms with E-state index in [1.807, 2.05) is 18.2 Å². The summed E-state index contributed by atoms with van der Waals surface area (Å²) in [6.07, 6.45) is 5.36. The van der Waals surface area contributed by atoms with Gasteiger partial charge in [-0.2, -0.15) is 0 Å². The summed E-state index contributed by atoms with van der Waals surface area (Å²) in [6.45, 7) is 0.529. The Morgan fingerprint density at radius 1 is 1.05 bits per heavy atom. The lowest BCUT2D eigenvalue weighted by molar-refractivity contribution is -0.148. The van der Waals surface area contributed by atoms with Crippen molar-refractivity contribution >= 4 is 11.8 Å². The number of hydrogen-bond acceptors (Lipinski definition) is 3. The first-order valence-electron chi connectivity index (χ1n) is 7.93. The van der Waals surface area contributed by atoms with Crippen molar-refractivity contribution in [3.05, 3.63) is 35.9 Å². The fourth-order valence-corrected chi connectivity index (χ4v) is 3.86. The molecule has 0 bridgehead atoms. The topological polar surface area (TPSA) is 43.4 Å². The maximum Gasteiger partial charge on any atom is 0.312 e. The molecule has 1 spiro atoms. The van der Waals surface area contributed by atoms with Crippen LogP contribution in [0.4, 0.5) is 0 Å². The second-order valence-electron chi connectivity index (χ2n) is 6.39. The molecule has 21 heavy (non-hydrogen) atoms. The molecular formula is C18H22O3. The van der Waals surface area contributed by atoms with Gasteiger partial charge < -0.3 is 4.74 Å². The van der Waals surface area contributed by atoms with Crippen LogP contribution >= 0.6 is 0 Å². The van der Waals surface area contributed by atoms with Gasteiger partial charge in [-0.3, -0.25) is 9.59 Å². The molecule has 1 aromatic carbocycles. The van der Waals surface area contributed by atoms with Crippen molar-refractivity contribution in [3.63, 3.8) is 0 Å². The number of rotatable bonds is 2. The van der Waals surface area contributed by atoms with Gasteiger partial charge in [-0.25, -0.2) is 0 Å². The number of carbonyl (C=O) groups is 2. The molecule has 1 saturated carbocycles. The zero-order valence-electron chi connectivity index (χ0n) is 12.3. The van der Waals surface area contributed by atoms with E-state index in [-0.39, 0.29) is 17.3 Å². The van der Waals surface area contributed by atoms with Crippen LogP contribution in [-0.2, 0) is 20.7 Å². The average Bonchev–Trinajstić information content (AvgIpc) is 2.76. The molecule has 2 aliphatic rings. The lowest BCUT2D eigenvalue weighted by atomic mass is 9.67. The summed E-state index contributed by atoms with van der Waals surface area (Å²) in [4.78, 5) is 24.0.